The molecule has 0 bridgehead atoms. The number of ether oxygens (including phenoxy) is 1. The van der Waals surface area contributed by atoms with Crippen LogP contribution >= 0.6 is 0 Å². The van der Waals surface area contributed by atoms with Crippen molar-refractivity contribution in [2.24, 2.45) is 0 Å². The average Bonchev–Trinajstić information content (AvgIpc) is 3.20. The minimum absolute atomic E-state index is 0.328. The van der Waals surface area contributed by atoms with Crippen molar-refractivity contribution in [3.63, 3.8) is 0 Å². The van der Waals surface area contributed by atoms with Crippen LogP contribution in [0.25, 0.3) is 17.0 Å². The van der Waals surface area contributed by atoms with Crippen LogP contribution in [0.3, 0.4) is 0 Å². The van der Waals surface area contributed by atoms with E-state index < -0.39 is 17.9 Å². The fourth-order valence-corrected chi connectivity index (χ4v) is 3.25. The van der Waals surface area contributed by atoms with E-state index in [0.29, 0.717) is 16.7 Å². The maximum Gasteiger partial charge on any atom is 0.331 e. The summed E-state index contributed by atoms with van der Waals surface area (Å²) in [5.74, 6) is -1.42. The fourth-order valence-electron chi connectivity index (χ4n) is 3.25. The maximum atomic E-state index is 13.3. The number of hydrogen-bond donors (Lipinski definition) is 1. The summed E-state index contributed by atoms with van der Waals surface area (Å²) in [6.07, 6.45) is 3.16. The van der Waals surface area contributed by atoms with Crippen LogP contribution in [-0.4, -0.2) is 16.7 Å². The Hall–Kier alpha value is -3.99. The number of Topliss-reactive ketones (excluding diaryl/α,β-unsaturated/α-hetero) is 1. The molecule has 0 aliphatic carbocycles. The van der Waals surface area contributed by atoms with Crippen LogP contribution < -0.4 is 0 Å². The van der Waals surface area contributed by atoms with Crippen LogP contribution in [0.4, 0.5) is 4.39 Å². The topological polar surface area (TPSA) is 59.2 Å². The molecule has 4 aromatic rings. The van der Waals surface area contributed by atoms with Crippen molar-refractivity contribution in [1.82, 2.24) is 4.98 Å². The molecule has 1 N–H and O–H groups in total. The Bertz CT molecular complexity index is 1230. The summed E-state index contributed by atoms with van der Waals surface area (Å²) in [5, 5.41) is 0.759. The van der Waals surface area contributed by atoms with E-state index in [4.69, 9.17) is 4.74 Å². The van der Waals surface area contributed by atoms with Crippen LogP contribution in [0, 0.1) is 5.82 Å². The Kier molecular flexibility index (Phi) is 5.52. The van der Waals surface area contributed by atoms with Gasteiger partial charge in [-0.15, -0.1) is 0 Å². The molecule has 0 amide bonds. The van der Waals surface area contributed by atoms with E-state index in [9.17, 15) is 14.0 Å². The minimum atomic E-state index is -1.10. The molecule has 0 saturated carbocycles. The highest BCUT2D eigenvalue weighted by atomic mass is 19.1. The standard InChI is InChI=1S/C25H18FNO3/c26-19-10-6-7-17(15-19)13-14-23(28)30-25(18-8-2-1-3-9-18)24(29)21-16-27-22-12-5-4-11-20(21)22/h1-16,25,27H. The van der Waals surface area contributed by atoms with E-state index in [1.165, 1.54) is 24.3 Å². The summed E-state index contributed by atoms with van der Waals surface area (Å²) >= 11 is 0. The van der Waals surface area contributed by atoms with Gasteiger partial charge in [-0.1, -0.05) is 60.7 Å². The second-order valence-electron chi connectivity index (χ2n) is 6.73. The van der Waals surface area contributed by atoms with Crippen LogP contribution in [0.15, 0.2) is 91.1 Å². The molecule has 0 spiro atoms. The quantitative estimate of drug-likeness (QED) is 0.265. The third-order valence-electron chi connectivity index (χ3n) is 4.69. The Morgan fingerprint density at radius 2 is 1.70 bits per heavy atom. The smallest absolute Gasteiger partial charge is 0.331 e. The Morgan fingerprint density at radius 1 is 0.933 bits per heavy atom. The van der Waals surface area contributed by atoms with Gasteiger partial charge < -0.3 is 9.72 Å². The number of aromatic nitrogens is 1. The van der Waals surface area contributed by atoms with E-state index in [1.54, 1.807) is 42.6 Å². The molecule has 0 aliphatic heterocycles. The Labute approximate surface area is 172 Å². The normalized spacial score (nSPS) is 12.2. The number of rotatable bonds is 6. The highest BCUT2D eigenvalue weighted by molar-refractivity contribution is 6.10. The lowest BCUT2D eigenvalue weighted by Crippen LogP contribution is -2.19. The predicted molar refractivity (Wildman–Crippen MR) is 113 cm³/mol. The van der Waals surface area contributed by atoms with Crippen molar-refractivity contribution in [3.05, 3.63) is 114 Å². The monoisotopic (exact) mass is 399 g/mol. The molecule has 0 fully saturated rings. The number of benzene rings is 3. The molecule has 30 heavy (non-hydrogen) atoms. The number of fused-ring (bicyclic) bond motifs is 1. The second-order valence-corrected chi connectivity index (χ2v) is 6.73. The maximum absolute atomic E-state index is 13.3. The number of ketones is 1. The number of halogens is 1. The van der Waals surface area contributed by atoms with Gasteiger partial charge in [-0.25, -0.2) is 9.18 Å². The van der Waals surface area contributed by atoms with Gasteiger partial charge in [-0.05, 0) is 29.8 Å². The number of H-pyrrole nitrogens is 1. The van der Waals surface area contributed by atoms with E-state index in [2.05, 4.69) is 4.98 Å². The first-order chi connectivity index (χ1) is 14.6. The van der Waals surface area contributed by atoms with Crippen molar-refractivity contribution in [1.29, 1.82) is 0 Å². The SMILES string of the molecule is O=C(C=Cc1cccc(F)c1)OC(C(=O)c1c[nH]c2ccccc12)c1ccccc1. The first kappa shape index (κ1) is 19.3. The molecule has 4 rings (SSSR count). The largest absolute Gasteiger partial charge is 0.446 e. The van der Waals surface area contributed by atoms with Gasteiger partial charge in [0.2, 0.25) is 5.78 Å². The number of carbonyl (C=O) groups is 2. The van der Waals surface area contributed by atoms with Crippen molar-refractivity contribution < 1.29 is 18.7 Å². The van der Waals surface area contributed by atoms with Gasteiger partial charge in [0, 0.05) is 34.3 Å². The molecular formula is C25H18FNO3. The molecule has 1 heterocycles. The predicted octanol–water partition coefficient (Wildman–Crippen LogP) is 5.49. The molecule has 0 radical (unpaired) electrons. The molecule has 5 heteroatoms. The van der Waals surface area contributed by atoms with Crippen LogP contribution in [0.2, 0.25) is 0 Å². The summed E-state index contributed by atoms with van der Waals surface area (Å²) in [5.41, 5.74) is 2.36. The van der Waals surface area contributed by atoms with Crippen LogP contribution in [0.5, 0.6) is 0 Å². The van der Waals surface area contributed by atoms with Crippen molar-refractivity contribution in [2.75, 3.05) is 0 Å². The Balaban J connectivity index is 1.62. The van der Waals surface area contributed by atoms with Gasteiger partial charge in [-0.2, -0.15) is 0 Å². The molecule has 0 aliphatic rings. The van der Waals surface area contributed by atoms with E-state index >= 15 is 0 Å². The molecule has 1 atom stereocenters. The van der Waals surface area contributed by atoms with Crippen molar-refractivity contribution in [2.45, 2.75) is 6.10 Å². The number of aromatic amines is 1. The number of esters is 1. The van der Waals surface area contributed by atoms with Gasteiger partial charge in [0.05, 0.1) is 0 Å². The summed E-state index contributed by atoms with van der Waals surface area (Å²) in [6, 6.07) is 22.1. The lowest BCUT2D eigenvalue weighted by molar-refractivity contribution is -0.141. The van der Waals surface area contributed by atoms with Gasteiger partial charge in [-0.3, -0.25) is 4.79 Å². The first-order valence-corrected chi connectivity index (χ1v) is 9.41. The van der Waals surface area contributed by atoms with Crippen molar-refractivity contribution in [3.8, 4) is 0 Å². The van der Waals surface area contributed by atoms with Gasteiger partial charge in [0.1, 0.15) is 5.82 Å². The highest BCUT2D eigenvalue weighted by Gasteiger charge is 2.27. The minimum Gasteiger partial charge on any atom is -0.446 e. The van der Waals surface area contributed by atoms with Crippen LogP contribution in [-0.2, 0) is 9.53 Å². The highest BCUT2D eigenvalue weighted by Crippen LogP contribution is 2.27. The average molecular weight is 399 g/mol. The lowest BCUT2D eigenvalue weighted by Gasteiger charge is -2.16. The summed E-state index contributed by atoms with van der Waals surface area (Å²) in [4.78, 5) is 28.8. The zero-order valence-electron chi connectivity index (χ0n) is 15.9. The molecule has 0 saturated heterocycles. The molecule has 1 unspecified atom stereocenters. The number of nitrogens with one attached hydrogen (secondary N) is 1. The number of para-hydroxylation sites is 1. The van der Waals surface area contributed by atoms with E-state index in [0.717, 1.165) is 10.9 Å². The Morgan fingerprint density at radius 3 is 2.50 bits per heavy atom. The lowest BCUT2D eigenvalue weighted by atomic mass is 9.99. The third kappa shape index (κ3) is 4.20. The molecule has 1 aromatic heterocycles. The third-order valence-corrected chi connectivity index (χ3v) is 4.69. The molecule has 148 valence electrons. The summed E-state index contributed by atoms with van der Waals surface area (Å²) in [6.45, 7) is 0. The van der Waals surface area contributed by atoms with Crippen molar-refractivity contribution >= 4 is 28.7 Å². The zero-order chi connectivity index (χ0) is 20.9. The molecule has 4 nitrogen and oxygen atoms in total. The van der Waals surface area contributed by atoms with E-state index in [-0.39, 0.29) is 5.78 Å². The zero-order valence-corrected chi connectivity index (χ0v) is 15.9. The van der Waals surface area contributed by atoms with Gasteiger partial charge in [0.15, 0.2) is 6.10 Å². The molecular weight excluding hydrogens is 381 g/mol. The van der Waals surface area contributed by atoms with Gasteiger partial charge >= 0.3 is 5.97 Å². The first-order valence-electron chi connectivity index (χ1n) is 9.41. The second kappa shape index (κ2) is 8.57. The number of hydrogen-bond acceptors (Lipinski definition) is 3. The summed E-state index contributed by atoms with van der Waals surface area (Å²) in [7, 11) is 0. The fraction of sp³-hybridized carbons (Fsp3) is 0.0400. The summed E-state index contributed by atoms with van der Waals surface area (Å²) < 4.78 is 18.9. The number of carbonyl (C=O) groups excluding carboxylic acids is 2. The van der Waals surface area contributed by atoms with Gasteiger partial charge in [0.25, 0.3) is 0 Å². The van der Waals surface area contributed by atoms with Crippen LogP contribution in [0.1, 0.15) is 27.6 Å². The van der Waals surface area contributed by atoms with E-state index in [1.807, 2.05) is 30.3 Å². The molecule has 3 aromatic carbocycles.